The van der Waals surface area contributed by atoms with Gasteiger partial charge >= 0.3 is 0 Å². The van der Waals surface area contributed by atoms with Gasteiger partial charge in [0, 0.05) is 0 Å². The molecule has 3 aliphatic carbocycles. The highest BCUT2D eigenvalue weighted by atomic mass is 28.4. The van der Waals surface area contributed by atoms with E-state index >= 15 is 0 Å². The Morgan fingerprint density at radius 2 is 1.80 bits per heavy atom. The molecule has 6 atom stereocenters. The minimum atomic E-state index is -1.86. The van der Waals surface area contributed by atoms with Crippen molar-refractivity contribution in [2.75, 3.05) is 6.61 Å². The summed E-state index contributed by atoms with van der Waals surface area (Å²) in [4.78, 5) is 0. The summed E-state index contributed by atoms with van der Waals surface area (Å²) in [6.07, 6.45) is 4.78. The van der Waals surface area contributed by atoms with Crippen LogP contribution in [0.5, 0.6) is 0 Å². The molecular formula is C21H36O3Si. The van der Waals surface area contributed by atoms with Gasteiger partial charge in [-0.15, -0.1) is 5.92 Å². The average molecular weight is 365 g/mol. The second-order valence-electron chi connectivity index (χ2n) is 10.2. The van der Waals surface area contributed by atoms with E-state index < -0.39 is 19.5 Å². The zero-order valence-electron chi connectivity index (χ0n) is 16.9. The zero-order valence-corrected chi connectivity index (χ0v) is 17.9. The van der Waals surface area contributed by atoms with E-state index in [9.17, 15) is 10.2 Å². The van der Waals surface area contributed by atoms with Crippen molar-refractivity contribution in [3.8, 4) is 11.8 Å². The molecule has 0 radical (unpaired) electrons. The fraction of sp³-hybridized carbons (Fsp3) is 0.905. The summed E-state index contributed by atoms with van der Waals surface area (Å²) in [5, 5.41) is 21.9. The number of aliphatic hydroxyl groups is 2. The Labute approximate surface area is 154 Å². The smallest absolute Gasteiger partial charge is 0.184 e. The molecule has 3 nitrogen and oxygen atoms in total. The van der Waals surface area contributed by atoms with Crippen LogP contribution in [0.25, 0.3) is 0 Å². The molecule has 3 rings (SSSR count). The van der Waals surface area contributed by atoms with Gasteiger partial charge in [0.05, 0.1) is 18.1 Å². The largest absolute Gasteiger partial charge is 0.411 e. The highest BCUT2D eigenvalue weighted by molar-refractivity contribution is 6.69. The second-order valence-corrected chi connectivity index (χ2v) is 14.6. The lowest BCUT2D eigenvalue weighted by Crippen LogP contribution is -2.61. The highest BCUT2D eigenvalue weighted by Crippen LogP contribution is 2.72. The lowest BCUT2D eigenvalue weighted by Gasteiger charge is -2.53. The van der Waals surface area contributed by atoms with Crippen molar-refractivity contribution < 1.29 is 14.6 Å². The minimum Gasteiger partial charge on any atom is -0.411 e. The summed E-state index contributed by atoms with van der Waals surface area (Å²) in [6, 6.07) is 0. The molecule has 25 heavy (non-hydrogen) atoms. The molecule has 4 heteroatoms. The summed E-state index contributed by atoms with van der Waals surface area (Å²) in [6.45, 7) is 13.2. The number of hydrogen-bond donors (Lipinski definition) is 2. The van der Waals surface area contributed by atoms with E-state index in [2.05, 4.69) is 45.3 Å². The Hall–Kier alpha value is -0.343. The molecule has 0 aromatic heterocycles. The van der Waals surface area contributed by atoms with Crippen molar-refractivity contribution in [3.63, 3.8) is 0 Å². The van der Waals surface area contributed by atoms with Crippen LogP contribution in [0.3, 0.4) is 0 Å². The molecule has 3 saturated carbocycles. The topological polar surface area (TPSA) is 49.7 Å². The molecule has 0 amide bonds. The van der Waals surface area contributed by atoms with Gasteiger partial charge in [0.25, 0.3) is 0 Å². The van der Waals surface area contributed by atoms with Crippen LogP contribution in [0.1, 0.15) is 52.9 Å². The molecule has 0 spiro atoms. The van der Waals surface area contributed by atoms with Crippen molar-refractivity contribution in [3.05, 3.63) is 0 Å². The molecule has 3 aliphatic rings. The lowest BCUT2D eigenvalue weighted by molar-refractivity contribution is -0.145. The van der Waals surface area contributed by atoms with Crippen LogP contribution in [0.4, 0.5) is 0 Å². The van der Waals surface area contributed by atoms with Gasteiger partial charge in [-0.1, -0.05) is 19.8 Å². The van der Waals surface area contributed by atoms with Crippen molar-refractivity contribution in [1.29, 1.82) is 0 Å². The molecule has 0 aromatic carbocycles. The van der Waals surface area contributed by atoms with Gasteiger partial charge in [0.2, 0.25) is 0 Å². The second kappa shape index (κ2) is 6.09. The van der Waals surface area contributed by atoms with E-state index in [1.165, 1.54) is 0 Å². The van der Waals surface area contributed by atoms with Crippen molar-refractivity contribution in [2.45, 2.75) is 83.7 Å². The van der Waals surface area contributed by atoms with E-state index in [0.29, 0.717) is 23.7 Å². The number of hydrogen-bond acceptors (Lipinski definition) is 3. The Morgan fingerprint density at radius 1 is 1.12 bits per heavy atom. The Balaban J connectivity index is 2.11. The maximum atomic E-state index is 11.4. The summed E-state index contributed by atoms with van der Waals surface area (Å²) in [5.41, 5.74) is -1.19. The van der Waals surface area contributed by atoms with E-state index in [4.69, 9.17) is 4.43 Å². The molecular weight excluding hydrogens is 328 g/mol. The van der Waals surface area contributed by atoms with Crippen LogP contribution in [0.2, 0.25) is 19.6 Å². The molecule has 0 unspecified atom stereocenters. The van der Waals surface area contributed by atoms with Crippen molar-refractivity contribution in [2.24, 2.45) is 29.1 Å². The third kappa shape index (κ3) is 3.02. The van der Waals surface area contributed by atoms with E-state index in [0.717, 1.165) is 31.6 Å². The maximum Gasteiger partial charge on any atom is 0.184 e. The Bertz CT molecular complexity index is 584. The summed E-state index contributed by atoms with van der Waals surface area (Å²) in [5.74, 6) is 7.55. The first-order chi connectivity index (χ1) is 11.5. The van der Waals surface area contributed by atoms with Gasteiger partial charge in [-0.2, -0.15) is 0 Å². The van der Waals surface area contributed by atoms with Gasteiger partial charge in [-0.25, -0.2) is 0 Å². The van der Waals surface area contributed by atoms with E-state index in [1.807, 2.05) is 0 Å². The normalized spacial score (nSPS) is 45.4. The minimum absolute atomic E-state index is 0.0516. The Kier molecular flexibility index (Phi) is 4.73. The predicted octanol–water partition coefficient (Wildman–Crippen LogP) is 3.81. The standard InChI is InChI=1S/C21H36O3Si/c1-7-11-20(23)12-8-9-16-18-15(19(18,2)3)10-13-21(16,17(20)14-22)24-25(4,5)6/h15-18,22-23H,8-10,12-14H2,1-6H3/t15-,16+,17-,18-,20-,21-/m1/s1. The fourth-order valence-electron chi connectivity index (χ4n) is 6.47. The van der Waals surface area contributed by atoms with Crippen LogP contribution < -0.4 is 0 Å². The number of fused-ring (bicyclic) bond motifs is 3. The Morgan fingerprint density at radius 3 is 2.36 bits per heavy atom. The van der Waals surface area contributed by atoms with Crippen LogP contribution in [-0.2, 0) is 4.43 Å². The first kappa shape index (κ1) is 19.4. The van der Waals surface area contributed by atoms with E-state index in [-0.39, 0.29) is 12.5 Å². The molecule has 3 fully saturated rings. The molecule has 2 N–H and O–H groups in total. The zero-order chi connectivity index (χ0) is 18.7. The maximum absolute atomic E-state index is 11.4. The molecule has 0 saturated heterocycles. The third-order valence-electron chi connectivity index (χ3n) is 7.31. The average Bonchev–Trinajstić information content (AvgIpc) is 3.04. The van der Waals surface area contributed by atoms with E-state index in [1.54, 1.807) is 6.92 Å². The molecule has 0 heterocycles. The quantitative estimate of drug-likeness (QED) is 0.591. The monoisotopic (exact) mass is 364 g/mol. The van der Waals surface area contributed by atoms with Gasteiger partial charge < -0.3 is 14.6 Å². The SMILES string of the molecule is CC#C[C@@]1(O)CCC[C@H]2[C@H]3[C@@H](CC[C@]2(O[Si](C)(C)C)[C@@H]1CO)C3(C)C. The first-order valence-corrected chi connectivity index (χ1v) is 13.4. The first-order valence-electron chi connectivity index (χ1n) is 9.99. The number of aliphatic hydroxyl groups excluding tert-OH is 1. The summed E-state index contributed by atoms with van der Waals surface area (Å²) >= 11 is 0. The molecule has 0 aromatic rings. The van der Waals surface area contributed by atoms with Crippen molar-refractivity contribution >= 4 is 8.32 Å². The summed E-state index contributed by atoms with van der Waals surface area (Å²) in [7, 11) is -1.86. The van der Waals surface area contributed by atoms with Gasteiger partial charge in [0.15, 0.2) is 8.32 Å². The fourth-order valence-corrected chi connectivity index (χ4v) is 8.01. The molecule has 142 valence electrons. The van der Waals surface area contributed by atoms with Crippen LogP contribution >= 0.6 is 0 Å². The summed E-state index contributed by atoms with van der Waals surface area (Å²) < 4.78 is 6.94. The highest BCUT2D eigenvalue weighted by Gasteiger charge is 2.71. The van der Waals surface area contributed by atoms with Gasteiger partial charge in [0.1, 0.15) is 5.60 Å². The number of rotatable bonds is 3. The molecule has 0 bridgehead atoms. The lowest BCUT2D eigenvalue weighted by atomic mass is 9.64. The third-order valence-corrected chi connectivity index (χ3v) is 8.30. The van der Waals surface area contributed by atoms with Crippen LogP contribution in [0.15, 0.2) is 0 Å². The van der Waals surface area contributed by atoms with Gasteiger partial charge in [-0.05, 0) is 81.8 Å². The van der Waals surface area contributed by atoms with Crippen LogP contribution in [0, 0.1) is 40.9 Å². The molecule has 0 aliphatic heterocycles. The van der Waals surface area contributed by atoms with Gasteiger partial charge in [-0.3, -0.25) is 0 Å². The van der Waals surface area contributed by atoms with Crippen molar-refractivity contribution in [1.82, 2.24) is 0 Å². The van der Waals surface area contributed by atoms with Crippen LogP contribution in [-0.4, -0.2) is 36.3 Å². The predicted molar refractivity (Wildman–Crippen MR) is 103 cm³/mol.